The van der Waals surface area contributed by atoms with Crippen molar-refractivity contribution in [2.75, 3.05) is 18.1 Å². The number of hydrogen-bond acceptors (Lipinski definition) is 3. The van der Waals surface area contributed by atoms with Gasteiger partial charge in [-0.25, -0.2) is 8.42 Å². The van der Waals surface area contributed by atoms with E-state index in [1.807, 2.05) is 24.3 Å². The van der Waals surface area contributed by atoms with Gasteiger partial charge in [0.1, 0.15) is 0 Å². The van der Waals surface area contributed by atoms with E-state index in [0.717, 1.165) is 29.8 Å². The molecule has 2 aromatic rings. The molecule has 0 radical (unpaired) electrons. The van der Waals surface area contributed by atoms with Crippen molar-refractivity contribution in [1.29, 1.82) is 0 Å². The highest BCUT2D eigenvalue weighted by Crippen LogP contribution is 2.32. The minimum Gasteiger partial charge on any atom is -0.384 e. The van der Waals surface area contributed by atoms with E-state index in [1.54, 1.807) is 12.1 Å². The standard InChI is InChI=1S/C15H15NO2S/c1-19(17,18)15-5-3-2-4-13(15)12-7-6-11-8-9-16-14(11)10-12/h2-7,10,16H,8-9H2,1H3. The van der Waals surface area contributed by atoms with Crippen molar-refractivity contribution < 1.29 is 8.42 Å². The van der Waals surface area contributed by atoms with Crippen molar-refractivity contribution in [2.45, 2.75) is 11.3 Å². The molecule has 0 unspecified atom stereocenters. The third kappa shape index (κ3) is 2.24. The molecule has 1 aliphatic rings. The van der Waals surface area contributed by atoms with Crippen LogP contribution >= 0.6 is 0 Å². The van der Waals surface area contributed by atoms with Gasteiger partial charge < -0.3 is 5.32 Å². The van der Waals surface area contributed by atoms with Crippen LogP contribution in [-0.2, 0) is 16.3 Å². The molecule has 4 heteroatoms. The normalized spacial score (nSPS) is 13.9. The second kappa shape index (κ2) is 4.38. The number of rotatable bonds is 2. The lowest BCUT2D eigenvalue weighted by Gasteiger charge is -2.09. The first-order chi connectivity index (χ1) is 9.05. The monoisotopic (exact) mass is 273 g/mol. The van der Waals surface area contributed by atoms with Crippen LogP contribution < -0.4 is 5.32 Å². The van der Waals surface area contributed by atoms with Gasteiger partial charge in [0, 0.05) is 24.1 Å². The van der Waals surface area contributed by atoms with E-state index in [9.17, 15) is 8.42 Å². The average molecular weight is 273 g/mol. The Balaban J connectivity index is 2.18. The maximum Gasteiger partial charge on any atom is 0.176 e. The van der Waals surface area contributed by atoms with Gasteiger partial charge in [0.05, 0.1) is 4.90 Å². The number of fused-ring (bicyclic) bond motifs is 1. The number of hydrogen-bond donors (Lipinski definition) is 1. The quantitative estimate of drug-likeness (QED) is 0.915. The predicted octanol–water partition coefficient (Wildman–Crippen LogP) is 2.73. The Morgan fingerprint density at radius 1 is 1.11 bits per heavy atom. The lowest BCUT2D eigenvalue weighted by molar-refractivity contribution is 0.602. The highest BCUT2D eigenvalue weighted by Gasteiger charge is 2.16. The maximum atomic E-state index is 11.8. The van der Waals surface area contributed by atoms with Crippen LogP contribution in [0.1, 0.15) is 5.56 Å². The van der Waals surface area contributed by atoms with E-state index >= 15 is 0 Å². The summed E-state index contributed by atoms with van der Waals surface area (Å²) in [5.41, 5.74) is 4.11. The molecule has 2 aromatic carbocycles. The van der Waals surface area contributed by atoms with Crippen LogP contribution in [0.2, 0.25) is 0 Å². The fraction of sp³-hybridized carbons (Fsp3) is 0.200. The van der Waals surface area contributed by atoms with Gasteiger partial charge in [0.25, 0.3) is 0 Å². The molecular formula is C15H15NO2S. The van der Waals surface area contributed by atoms with E-state index in [0.29, 0.717) is 4.90 Å². The third-order valence-electron chi connectivity index (χ3n) is 3.42. The molecule has 0 amide bonds. The maximum absolute atomic E-state index is 11.8. The van der Waals surface area contributed by atoms with Crippen molar-refractivity contribution in [3.05, 3.63) is 48.0 Å². The van der Waals surface area contributed by atoms with E-state index in [-0.39, 0.29) is 0 Å². The second-order valence-electron chi connectivity index (χ2n) is 4.82. The fourth-order valence-corrected chi connectivity index (χ4v) is 3.40. The molecule has 0 saturated heterocycles. The Bertz CT molecular complexity index is 736. The molecule has 1 heterocycles. The topological polar surface area (TPSA) is 46.2 Å². The summed E-state index contributed by atoms with van der Waals surface area (Å²) in [6.45, 7) is 0.951. The van der Waals surface area contributed by atoms with Crippen LogP contribution in [-0.4, -0.2) is 21.2 Å². The van der Waals surface area contributed by atoms with Gasteiger partial charge in [0.2, 0.25) is 0 Å². The molecule has 3 rings (SSSR count). The van der Waals surface area contributed by atoms with Crippen LogP contribution in [0.5, 0.6) is 0 Å². The molecule has 0 spiro atoms. The Labute approximate surface area is 113 Å². The molecule has 98 valence electrons. The zero-order chi connectivity index (χ0) is 13.5. The van der Waals surface area contributed by atoms with Crippen molar-refractivity contribution in [1.82, 2.24) is 0 Å². The van der Waals surface area contributed by atoms with Gasteiger partial charge in [-0.1, -0.05) is 30.3 Å². The lowest BCUT2D eigenvalue weighted by Crippen LogP contribution is -1.99. The third-order valence-corrected chi connectivity index (χ3v) is 4.57. The van der Waals surface area contributed by atoms with E-state index in [1.165, 1.54) is 11.8 Å². The average Bonchev–Trinajstić information content (AvgIpc) is 2.85. The largest absolute Gasteiger partial charge is 0.384 e. The van der Waals surface area contributed by atoms with E-state index in [2.05, 4.69) is 11.4 Å². The first-order valence-electron chi connectivity index (χ1n) is 6.22. The molecule has 0 aliphatic carbocycles. The summed E-state index contributed by atoms with van der Waals surface area (Å²) in [5, 5.41) is 3.32. The van der Waals surface area contributed by atoms with Gasteiger partial charge in [0.15, 0.2) is 9.84 Å². The summed E-state index contributed by atoms with van der Waals surface area (Å²) in [6, 6.07) is 13.2. The fourth-order valence-electron chi connectivity index (χ4n) is 2.49. The summed E-state index contributed by atoms with van der Waals surface area (Å²) in [6.07, 6.45) is 2.28. The summed E-state index contributed by atoms with van der Waals surface area (Å²) >= 11 is 0. The molecule has 0 aromatic heterocycles. The smallest absolute Gasteiger partial charge is 0.176 e. The highest BCUT2D eigenvalue weighted by molar-refractivity contribution is 7.90. The summed E-state index contributed by atoms with van der Waals surface area (Å²) < 4.78 is 23.7. The molecule has 0 fully saturated rings. The minimum atomic E-state index is -3.22. The Morgan fingerprint density at radius 3 is 2.68 bits per heavy atom. The molecule has 19 heavy (non-hydrogen) atoms. The summed E-state index contributed by atoms with van der Waals surface area (Å²) in [5.74, 6) is 0. The van der Waals surface area contributed by atoms with Crippen molar-refractivity contribution >= 4 is 15.5 Å². The van der Waals surface area contributed by atoms with E-state index < -0.39 is 9.84 Å². The number of anilines is 1. The summed E-state index contributed by atoms with van der Waals surface area (Å²) in [7, 11) is -3.22. The Morgan fingerprint density at radius 2 is 1.89 bits per heavy atom. The van der Waals surface area contributed by atoms with Crippen molar-refractivity contribution in [3.8, 4) is 11.1 Å². The predicted molar refractivity (Wildman–Crippen MR) is 77.2 cm³/mol. The zero-order valence-corrected chi connectivity index (χ0v) is 11.5. The Hall–Kier alpha value is -1.81. The summed E-state index contributed by atoms with van der Waals surface area (Å²) in [4.78, 5) is 0.382. The lowest BCUT2D eigenvalue weighted by atomic mass is 10.0. The molecule has 0 saturated carbocycles. The van der Waals surface area contributed by atoms with Crippen LogP contribution in [0.4, 0.5) is 5.69 Å². The number of sulfone groups is 1. The molecule has 1 aliphatic heterocycles. The Kier molecular flexibility index (Phi) is 2.82. The van der Waals surface area contributed by atoms with E-state index in [4.69, 9.17) is 0 Å². The first kappa shape index (κ1) is 12.2. The van der Waals surface area contributed by atoms with Crippen LogP contribution in [0, 0.1) is 0 Å². The number of benzene rings is 2. The molecular weight excluding hydrogens is 258 g/mol. The van der Waals surface area contributed by atoms with Gasteiger partial charge in [-0.2, -0.15) is 0 Å². The number of nitrogens with one attached hydrogen (secondary N) is 1. The van der Waals surface area contributed by atoms with Crippen molar-refractivity contribution in [2.24, 2.45) is 0 Å². The zero-order valence-electron chi connectivity index (χ0n) is 10.7. The minimum absolute atomic E-state index is 0.382. The molecule has 1 N–H and O–H groups in total. The SMILES string of the molecule is CS(=O)(=O)c1ccccc1-c1ccc2c(c1)NCC2. The van der Waals surface area contributed by atoms with Gasteiger partial charge >= 0.3 is 0 Å². The molecule has 0 bridgehead atoms. The molecule has 3 nitrogen and oxygen atoms in total. The van der Waals surface area contributed by atoms with Gasteiger partial charge in [-0.15, -0.1) is 0 Å². The first-order valence-corrected chi connectivity index (χ1v) is 8.11. The second-order valence-corrected chi connectivity index (χ2v) is 6.80. The van der Waals surface area contributed by atoms with Crippen molar-refractivity contribution in [3.63, 3.8) is 0 Å². The van der Waals surface area contributed by atoms with Crippen LogP contribution in [0.3, 0.4) is 0 Å². The van der Waals surface area contributed by atoms with Gasteiger partial charge in [-0.3, -0.25) is 0 Å². The van der Waals surface area contributed by atoms with Crippen LogP contribution in [0.25, 0.3) is 11.1 Å². The van der Waals surface area contributed by atoms with Gasteiger partial charge in [-0.05, 0) is 29.7 Å². The molecule has 0 atom stereocenters. The van der Waals surface area contributed by atoms with Crippen LogP contribution in [0.15, 0.2) is 47.4 Å². The highest BCUT2D eigenvalue weighted by atomic mass is 32.2.